The molecule has 1 aliphatic heterocycles. The second kappa shape index (κ2) is 12.1. The molecule has 38 heavy (non-hydrogen) atoms. The van der Waals surface area contributed by atoms with Crippen LogP contribution in [-0.2, 0) is 20.8 Å². The van der Waals surface area contributed by atoms with Crippen LogP contribution in [0.4, 0.5) is 5.69 Å². The van der Waals surface area contributed by atoms with Crippen molar-refractivity contribution in [2.45, 2.75) is 29.9 Å². The normalized spacial score (nSPS) is 17.2. The Balaban J connectivity index is 1.65. The number of likely N-dealkylation sites (tertiary alicyclic amines) is 1. The van der Waals surface area contributed by atoms with E-state index in [0.29, 0.717) is 25.2 Å². The topological polar surface area (TPSA) is 125 Å². The van der Waals surface area contributed by atoms with E-state index in [1.807, 2.05) is 59.7 Å². The number of aromatic nitrogens is 3. The van der Waals surface area contributed by atoms with Gasteiger partial charge in [-0.05, 0) is 48.6 Å². The van der Waals surface area contributed by atoms with Crippen molar-refractivity contribution in [2.75, 3.05) is 39.4 Å². The number of rotatable bonds is 9. The van der Waals surface area contributed by atoms with Crippen LogP contribution in [-0.4, -0.2) is 77.9 Å². The van der Waals surface area contributed by atoms with Crippen molar-refractivity contribution < 1.29 is 28.6 Å². The van der Waals surface area contributed by atoms with Crippen LogP contribution in [0.15, 0.2) is 53.4 Å². The van der Waals surface area contributed by atoms with Crippen molar-refractivity contribution in [3.05, 3.63) is 65.5 Å². The fraction of sp³-hybridized carbons (Fsp3) is 0.346. The summed E-state index contributed by atoms with van der Waals surface area (Å²) in [4.78, 5) is 41.4. The lowest BCUT2D eigenvalue weighted by Gasteiger charge is -2.23. The average molecular weight is 540 g/mol. The van der Waals surface area contributed by atoms with Gasteiger partial charge in [-0.25, -0.2) is 14.3 Å². The van der Waals surface area contributed by atoms with Crippen LogP contribution in [0.2, 0.25) is 0 Å². The van der Waals surface area contributed by atoms with Crippen molar-refractivity contribution in [2.24, 2.45) is 0 Å². The number of hydrogen-bond donors (Lipinski definition) is 1. The summed E-state index contributed by atoms with van der Waals surface area (Å²) >= 11 is 1.59. The van der Waals surface area contributed by atoms with Gasteiger partial charge in [0, 0.05) is 23.7 Å². The molecular formula is C26H29N5O6S. The molecule has 1 saturated heterocycles. The summed E-state index contributed by atoms with van der Waals surface area (Å²) in [6.45, 7) is 0.846. The number of benzene rings is 2. The Morgan fingerprint density at radius 1 is 1.05 bits per heavy atom. The smallest absolute Gasteiger partial charge is 0.361 e. The molecule has 11 nitrogen and oxygen atoms in total. The summed E-state index contributed by atoms with van der Waals surface area (Å²) < 4.78 is 16.3. The summed E-state index contributed by atoms with van der Waals surface area (Å²) in [5.41, 5.74) is 1.33. The zero-order valence-corrected chi connectivity index (χ0v) is 22.4. The van der Waals surface area contributed by atoms with E-state index in [4.69, 9.17) is 14.2 Å². The maximum absolute atomic E-state index is 13.5. The number of amides is 1. The minimum Gasteiger partial charge on any atom is -0.497 e. The van der Waals surface area contributed by atoms with E-state index >= 15 is 0 Å². The van der Waals surface area contributed by atoms with E-state index in [0.717, 1.165) is 16.2 Å². The fourth-order valence-corrected chi connectivity index (χ4v) is 4.93. The van der Waals surface area contributed by atoms with Crippen LogP contribution in [0.25, 0.3) is 0 Å². The monoisotopic (exact) mass is 539 g/mol. The number of nitrogens with zero attached hydrogens (tertiary/aromatic N) is 4. The van der Waals surface area contributed by atoms with Gasteiger partial charge in [0.05, 0.1) is 33.4 Å². The maximum atomic E-state index is 13.5. The molecule has 2 heterocycles. The van der Waals surface area contributed by atoms with Gasteiger partial charge in [-0.2, -0.15) is 0 Å². The Hall–Kier alpha value is -3.90. The number of thioether (sulfide) groups is 1. The van der Waals surface area contributed by atoms with E-state index in [-0.39, 0.29) is 17.3 Å². The molecule has 1 aromatic heterocycles. The molecule has 1 amide bonds. The lowest BCUT2D eigenvalue weighted by molar-refractivity contribution is -0.120. The molecule has 1 aliphatic rings. The average Bonchev–Trinajstić information content (AvgIpc) is 3.57. The van der Waals surface area contributed by atoms with Gasteiger partial charge in [-0.15, -0.1) is 16.9 Å². The van der Waals surface area contributed by atoms with Gasteiger partial charge >= 0.3 is 11.9 Å². The number of ether oxygens (including phenoxy) is 3. The number of esters is 2. The van der Waals surface area contributed by atoms with Crippen molar-refractivity contribution in [1.29, 1.82) is 0 Å². The van der Waals surface area contributed by atoms with E-state index in [1.165, 1.54) is 18.9 Å². The Morgan fingerprint density at radius 3 is 2.45 bits per heavy atom. The van der Waals surface area contributed by atoms with Gasteiger partial charge in [0.2, 0.25) is 11.6 Å². The third-order valence-corrected chi connectivity index (χ3v) is 7.09. The molecule has 2 atom stereocenters. The molecule has 0 unspecified atom stereocenters. The molecule has 0 bridgehead atoms. The fourth-order valence-electron chi connectivity index (χ4n) is 4.47. The molecule has 2 aromatic carbocycles. The number of methoxy groups -OCH3 is 3. The minimum atomic E-state index is -0.798. The van der Waals surface area contributed by atoms with Crippen LogP contribution in [0.1, 0.15) is 39.0 Å². The molecule has 3 aromatic rings. The van der Waals surface area contributed by atoms with Gasteiger partial charge < -0.3 is 19.5 Å². The molecule has 0 spiro atoms. The Morgan fingerprint density at radius 2 is 1.79 bits per heavy atom. The lowest BCUT2D eigenvalue weighted by Crippen LogP contribution is -2.39. The number of carbonyl (C=O) groups excluding carboxylic acids is 3. The quantitative estimate of drug-likeness (QED) is 0.320. The first kappa shape index (κ1) is 27.1. The van der Waals surface area contributed by atoms with Crippen LogP contribution in [0.3, 0.4) is 0 Å². The summed E-state index contributed by atoms with van der Waals surface area (Å²) in [6.07, 6.45) is 2.30. The SMILES string of the molecule is COC(=O)c1nnn([C@H]2C[C@@H](C(=O)Nc3cccc(SC)c3)N(Cc3ccc(OC)cc3)C2)c1C(=O)OC. The highest BCUT2D eigenvalue weighted by Crippen LogP contribution is 2.32. The molecular weight excluding hydrogens is 510 g/mol. The first-order valence-corrected chi connectivity index (χ1v) is 13.0. The van der Waals surface area contributed by atoms with Crippen molar-refractivity contribution in [3.63, 3.8) is 0 Å². The molecule has 12 heteroatoms. The number of hydrogen-bond acceptors (Lipinski definition) is 10. The number of anilines is 1. The van der Waals surface area contributed by atoms with Gasteiger partial charge in [0.1, 0.15) is 5.75 Å². The van der Waals surface area contributed by atoms with E-state index in [2.05, 4.69) is 15.6 Å². The van der Waals surface area contributed by atoms with Crippen LogP contribution >= 0.6 is 11.8 Å². The van der Waals surface area contributed by atoms with Gasteiger partial charge in [-0.3, -0.25) is 9.69 Å². The first-order valence-electron chi connectivity index (χ1n) is 11.8. The Bertz CT molecular complexity index is 1310. The summed E-state index contributed by atoms with van der Waals surface area (Å²) in [5.74, 6) is -1.02. The third kappa shape index (κ3) is 5.81. The van der Waals surface area contributed by atoms with E-state index in [9.17, 15) is 14.4 Å². The largest absolute Gasteiger partial charge is 0.497 e. The summed E-state index contributed by atoms with van der Waals surface area (Å²) in [5, 5.41) is 11.0. The molecule has 200 valence electrons. The highest BCUT2D eigenvalue weighted by Gasteiger charge is 2.41. The van der Waals surface area contributed by atoms with Crippen molar-refractivity contribution in [1.82, 2.24) is 19.9 Å². The predicted molar refractivity (Wildman–Crippen MR) is 140 cm³/mol. The molecule has 4 rings (SSSR count). The standard InChI is InChI=1S/C26H29N5O6S/c1-35-19-10-8-16(9-11-19)14-30-15-18(31-23(26(34)37-3)22(28-29-31)25(33)36-2)13-21(30)24(32)27-17-6-5-7-20(12-17)38-4/h5-12,18,21H,13-15H2,1-4H3,(H,27,32)/t18-,21-/m0/s1. The Labute approximate surface area is 224 Å². The number of carbonyl (C=O) groups is 3. The van der Waals surface area contributed by atoms with Crippen molar-refractivity contribution >= 4 is 35.3 Å². The van der Waals surface area contributed by atoms with Crippen LogP contribution in [0.5, 0.6) is 5.75 Å². The molecule has 1 fully saturated rings. The van der Waals surface area contributed by atoms with E-state index in [1.54, 1.807) is 18.9 Å². The minimum absolute atomic E-state index is 0.109. The highest BCUT2D eigenvalue weighted by atomic mass is 32.2. The van der Waals surface area contributed by atoms with Gasteiger partial charge in [-0.1, -0.05) is 23.4 Å². The summed E-state index contributed by atoms with van der Waals surface area (Å²) in [6, 6.07) is 14.2. The third-order valence-electron chi connectivity index (χ3n) is 6.36. The van der Waals surface area contributed by atoms with Gasteiger partial charge in [0.15, 0.2) is 5.69 Å². The number of nitrogens with one attached hydrogen (secondary N) is 1. The zero-order chi connectivity index (χ0) is 27.2. The van der Waals surface area contributed by atoms with Crippen LogP contribution < -0.4 is 10.1 Å². The van der Waals surface area contributed by atoms with Crippen LogP contribution in [0, 0.1) is 0 Å². The first-order chi connectivity index (χ1) is 18.4. The Kier molecular flexibility index (Phi) is 8.64. The highest BCUT2D eigenvalue weighted by molar-refractivity contribution is 7.98. The molecule has 0 aliphatic carbocycles. The van der Waals surface area contributed by atoms with Crippen molar-refractivity contribution in [3.8, 4) is 5.75 Å². The molecule has 0 saturated carbocycles. The summed E-state index contributed by atoms with van der Waals surface area (Å²) in [7, 11) is 4.01. The lowest BCUT2D eigenvalue weighted by atomic mass is 10.1. The molecule has 1 N–H and O–H groups in total. The maximum Gasteiger partial charge on any atom is 0.361 e. The predicted octanol–water partition coefficient (Wildman–Crippen LogP) is 3.04. The van der Waals surface area contributed by atoms with E-state index < -0.39 is 24.0 Å². The van der Waals surface area contributed by atoms with Gasteiger partial charge in [0.25, 0.3) is 0 Å². The second-order valence-electron chi connectivity index (χ2n) is 8.62. The zero-order valence-electron chi connectivity index (χ0n) is 21.5. The molecule has 0 radical (unpaired) electrons. The second-order valence-corrected chi connectivity index (χ2v) is 9.50.